The first-order valence-electron chi connectivity index (χ1n) is 14.6. The summed E-state index contributed by atoms with van der Waals surface area (Å²) in [6.07, 6.45) is 1.52. The summed E-state index contributed by atoms with van der Waals surface area (Å²) in [6.45, 7) is 3.64. The molecule has 46 heavy (non-hydrogen) atoms. The molecule has 4 aromatic rings. The zero-order valence-electron chi connectivity index (χ0n) is 25.7. The van der Waals surface area contributed by atoms with Crippen molar-refractivity contribution in [3.8, 4) is 17.2 Å². The van der Waals surface area contributed by atoms with Crippen molar-refractivity contribution < 1.29 is 33.3 Å². The number of allylic oxidation sites excluding steroid dienone is 1. The second kappa shape index (κ2) is 14.8. The maximum Gasteiger partial charge on any atom is 0.338 e. The summed E-state index contributed by atoms with van der Waals surface area (Å²) in [5, 5.41) is 11.7. The number of rotatable bonds is 12. The SMILES string of the molecule is CCOC(=O)C1=C(C)NC(=O)N[C@@H]1c1ccc(OCC(=O)N/N=C\c2ccc(OCc3ccc4ccccc4c3)cc2)c(OC)c1. The minimum atomic E-state index is -0.765. The molecule has 1 aliphatic heterocycles. The fourth-order valence-corrected chi connectivity index (χ4v) is 4.91. The third-order valence-corrected chi connectivity index (χ3v) is 7.15. The monoisotopic (exact) mass is 622 g/mol. The molecule has 0 aromatic heterocycles. The summed E-state index contributed by atoms with van der Waals surface area (Å²) in [5.41, 5.74) is 5.53. The van der Waals surface area contributed by atoms with Crippen LogP contribution in [0.1, 0.15) is 36.6 Å². The zero-order valence-corrected chi connectivity index (χ0v) is 25.7. The van der Waals surface area contributed by atoms with E-state index in [4.69, 9.17) is 18.9 Å². The third-order valence-electron chi connectivity index (χ3n) is 7.15. The zero-order chi connectivity index (χ0) is 32.5. The predicted octanol–water partition coefficient (Wildman–Crippen LogP) is 5.15. The third kappa shape index (κ3) is 7.81. The molecule has 0 bridgehead atoms. The maximum atomic E-state index is 12.6. The van der Waals surface area contributed by atoms with E-state index in [9.17, 15) is 14.4 Å². The Hall–Kier alpha value is -5.84. The van der Waals surface area contributed by atoms with Gasteiger partial charge in [-0.25, -0.2) is 15.0 Å². The van der Waals surface area contributed by atoms with E-state index in [2.05, 4.69) is 51.5 Å². The van der Waals surface area contributed by atoms with E-state index in [0.29, 0.717) is 35.1 Å². The fraction of sp³-hybridized carbons (Fsp3) is 0.200. The maximum absolute atomic E-state index is 12.6. The van der Waals surface area contributed by atoms with E-state index >= 15 is 0 Å². The molecule has 3 N–H and O–H groups in total. The largest absolute Gasteiger partial charge is 0.493 e. The molecule has 11 heteroatoms. The van der Waals surface area contributed by atoms with Crippen LogP contribution in [0.15, 0.2) is 101 Å². The van der Waals surface area contributed by atoms with Gasteiger partial charge in [0.1, 0.15) is 12.4 Å². The molecule has 0 fully saturated rings. The highest BCUT2D eigenvalue weighted by atomic mass is 16.5. The molecule has 1 heterocycles. The molecule has 5 rings (SSSR count). The van der Waals surface area contributed by atoms with Crippen LogP contribution in [0, 0.1) is 0 Å². The van der Waals surface area contributed by atoms with Crippen LogP contribution in [0.4, 0.5) is 4.79 Å². The van der Waals surface area contributed by atoms with Crippen LogP contribution >= 0.6 is 0 Å². The number of hydrogen-bond donors (Lipinski definition) is 3. The Morgan fingerprint density at radius 2 is 1.72 bits per heavy atom. The lowest BCUT2D eigenvalue weighted by Gasteiger charge is -2.28. The molecule has 0 aliphatic carbocycles. The second-order valence-electron chi connectivity index (χ2n) is 10.3. The molecule has 236 valence electrons. The highest BCUT2D eigenvalue weighted by molar-refractivity contribution is 5.95. The molecular weight excluding hydrogens is 588 g/mol. The molecule has 1 aliphatic rings. The summed E-state index contributed by atoms with van der Waals surface area (Å²) in [4.78, 5) is 37.2. The smallest absolute Gasteiger partial charge is 0.338 e. The van der Waals surface area contributed by atoms with Gasteiger partial charge in [-0.2, -0.15) is 5.10 Å². The van der Waals surface area contributed by atoms with Gasteiger partial charge < -0.3 is 29.6 Å². The number of hydrogen-bond acceptors (Lipinski definition) is 8. The minimum Gasteiger partial charge on any atom is -0.493 e. The lowest BCUT2D eigenvalue weighted by molar-refractivity contribution is -0.139. The average molecular weight is 623 g/mol. The summed E-state index contributed by atoms with van der Waals surface area (Å²) in [5.74, 6) is 0.295. The van der Waals surface area contributed by atoms with E-state index < -0.39 is 23.9 Å². The molecule has 0 radical (unpaired) electrons. The van der Waals surface area contributed by atoms with Gasteiger partial charge in [0.15, 0.2) is 18.1 Å². The van der Waals surface area contributed by atoms with Crippen molar-refractivity contribution in [2.45, 2.75) is 26.5 Å². The van der Waals surface area contributed by atoms with Crippen molar-refractivity contribution in [2.24, 2.45) is 5.10 Å². The van der Waals surface area contributed by atoms with Crippen molar-refractivity contribution in [3.63, 3.8) is 0 Å². The summed E-state index contributed by atoms with van der Waals surface area (Å²) in [7, 11) is 1.45. The van der Waals surface area contributed by atoms with Crippen molar-refractivity contribution >= 4 is 34.9 Å². The van der Waals surface area contributed by atoms with Gasteiger partial charge in [0, 0.05) is 5.70 Å². The van der Waals surface area contributed by atoms with Gasteiger partial charge in [0.25, 0.3) is 5.91 Å². The Morgan fingerprint density at radius 3 is 2.48 bits per heavy atom. The van der Waals surface area contributed by atoms with Crippen LogP contribution < -0.4 is 30.3 Å². The van der Waals surface area contributed by atoms with Crippen LogP contribution in [0.25, 0.3) is 10.8 Å². The number of nitrogens with one attached hydrogen (secondary N) is 3. The highest BCUT2D eigenvalue weighted by Gasteiger charge is 2.32. The number of benzene rings is 4. The molecule has 4 aromatic carbocycles. The molecule has 1 atom stereocenters. The van der Waals surface area contributed by atoms with Crippen LogP contribution in [-0.2, 0) is 20.9 Å². The Labute approximate surface area is 266 Å². The predicted molar refractivity (Wildman–Crippen MR) is 173 cm³/mol. The van der Waals surface area contributed by atoms with Crippen LogP contribution in [0.2, 0.25) is 0 Å². The first-order chi connectivity index (χ1) is 22.3. The van der Waals surface area contributed by atoms with Gasteiger partial charge in [0.2, 0.25) is 0 Å². The number of methoxy groups -OCH3 is 1. The Bertz CT molecular complexity index is 1800. The number of nitrogens with zero attached hydrogens (tertiary/aromatic N) is 1. The number of amides is 3. The number of urea groups is 1. The van der Waals surface area contributed by atoms with Crippen LogP contribution in [0.5, 0.6) is 17.2 Å². The normalized spacial score (nSPS) is 14.4. The van der Waals surface area contributed by atoms with E-state index in [1.165, 1.54) is 24.1 Å². The first kappa shape index (κ1) is 31.6. The van der Waals surface area contributed by atoms with Gasteiger partial charge in [0.05, 0.1) is 31.5 Å². The number of carbonyl (C=O) groups is 3. The summed E-state index contributed by atoms with van der Waals surface area (Å²) < 4.78 is 22.2. The minimum absolute atomic E-state index is 0.188. The first-order valence-corrected chi connectivity index (χ1v) is 14.6. The van der Waals surface area contributed by atoms with Gasteiger partial charge in [-0.3, -0.25) is 4.79 Å². The van der Waals surface area contributed by atoms with E-state index in [1.54, 1.807) is 32.0 Å². The van der Waals surface area contributed by atoms with Crippen molar-refractivity contribution in [1.29, 1.82) is 0 Å². The van der Waals surface area contributed by atoms with Crippen LogP contribution in [-0.4, -0.2) is 44.4 Å². The lowest BCUT2D eigenvalue weighted by atomic mass is 9.95. The standard InChI is InChI=1S/C35H34N4O7/c1-4-44-34(41)32-22(2)37-35(42)38-33(32)27-13-16-29(30(18-27)43-3)46-21-31(40)39-36-19-23-10-14-28(15-11-23)45-20-24-9-12-25-7-5-6-8-26(25)17-24/h5-19,33H,4,20-21H2,1-3H3,(H,39,40)(H2,37,38,42)/b36-19-/t33-/m1/s1. The Morgan fingerprint density at radius 1 is 0.935 bits per heavy atom. The number of fused-ring (bicyclic) bond motifs is 1. The van der Waals surface area contributed by atoms with Crippen LogP contribution in [0.3, 0.4) is 0 Å². The second-order valence-corrected chi connectivity index (χ2v) is 10.3. The number of ether oxygens (including phenoxy) is 4. The van der Waals surface area contributed by atoms with Gasteiger partial charge >= 0.3 is 12.0 Å². The molecule has 3 amide bonds. The Kier molecular flexibility index (Phi) is 10.1. The fourth-order valence-electron chi connectivity index (χ4n) is 4.91. The summed E-state index contributed by atoms with van der Waals surface area (Å²) in [6, 6.07) is 25.5. The molecule has 0 saturated carbocycles. The van der Waals surface area contributed by atoms with Gasteiger partial charge in [-0.1, -0.05) is 42.5 Å². The van der Waals surface area contributed by atoms with Gasteiger partial charge in [-0.05, 0) is 83.8 Å². The van der Waals surface area contributed by atoms with Crippen molar-refractivity contribution in [2.75, 3.05) is 20.3 Å². The number of hydrazone groups is 1. The van der Waals surface area contributed by atoms with Crippen molar-refractivity contribution in [3.05, 3.63) is 113 Å². The van der Waals surface area contributed by atoms with Crippen molar-refractivity contribution in [1.82, 2.24) is 16.1 Å². The quantitative estimate of drug-likeness (QED) is 0.113. The van der Waals surface area contributed by atoms with E-state index in [1.807, 2.05) is 36.4 Å². The molecule has 0 saturated heterocycles. The molecule has 11 nitrogen and oxygen atoms in total. The number of esters is 1. The summed E-state index contributed by atoms with van der Waals surface area (Å²) >= 11 is 0. The number of carbonyl (C=O) groups excluding carboxylic acids is 3. The topological polar surface area (TPSA) is 137 Å². The van der Waals surface area contributed by atoms with Gasteiger partial charge in [-0.15, -0.1) is 0 Å². The Balaban J connectivity index is 1.13. The molecule has 0 spiro atoms. The van der Waals surface area contributed by atoms with E-state index in [-0.39, 0.29) is 18.8 Å². The average Bonchev–Trinajstić information content (AvgIpc) is 3.06. The lowest BCUT2D eigenvalue weighted by Crippen LogP contribution is -2.45. The highest BCUT2D eigenvalue weighted by Crippen LogP contribution is 2.34. The molecular formula is C35H34N4O7. The van der Waals surface area contributed by atoms with E-state index in [0.717, 1.165) is 11.1 Å². The molecule has 0 unspecified atom stereocenters.